The molecule has 0 atom stereocenters. The molecule has 0 saturated carbocycles. The van der Waals surface area contributed by atoms with Gasteiger partial charge in [-0.15, -0.1) is 0 Å². The van der Waals surface area contributed by atoms with Gasteiger partial charge in [-0.2, -0.15) is 15.0 Å². The van der Waals surface area contributed by atoms with Crippen molar-refractivity contribution in [1.82, 2.24) is 15.0 Å². The Morgan fingerprint density at radius 3 is 1.79 bits per heavy atom. The Balaban J connectivity index is 1.83. The topological polar surface area (TPSA) is 93.9 Å². The molecule has 3 aromatic rings. The molecule has 0 bridgehead atoms. The molecule has 0 amide bonds. The number of rotatable bonds is 2. The van der Waals surface area contributed by atoms with E-state index in [2.05, 4.69) is 68.4 Å². The second-order valence-electron chi connectivity index (χ2n) is 5.81. The predicted molar refractivity (Wildman–Crippen MR) is 94.8 cm³/mol. The highest BCUT2D eigenvalue weighted by Gasteiger charge is 2.21. The van der Waals surface area contributed by atoms with Gasteiger partial charge in [-0.05, 0) is 36.1 Å². The van der Waals surface area contributed by atoms with Gasteiger partial charge in [-0.25, -0.2) is 0 Å². The summed E-state index contributed by atoms with van der Waals surface area (Å²) in [5.41, 5.74) is 16.4. The number of nitrogen functional groups attached to an aromatic ring is 2. The van der Waals surface area contributed by atoms with Crippen LogP contribution in [0.15, 0.2) is 48.5 Å². The molecule has 0 aliphatic carbocycles. The van der Waals surface area contributed by atoms with Crippen molar-refractivity contribution in [3.63, 3.8) is 0 Å². The van der Waals surface area contributed by atoms with Gasteiger partial charge in [0, 0.05) is 11.4 Å². The third kappa shape index (κ3) is 2.62. The number of hydrogen-bond acceptors (Lipinski definition) is 6. The second-order valence-corrected chi connectivity index (χ2v) is 5.81. The van der Waals surface area contributed by atoms with Gasteiger partial charge in [0.15, 0.2) is 5.82 Å². The van der Waals surface area contributed by atoms with Crippen LogP contribution in [0.25, 0.3) is 0 Å². The van der Waals surface area contributed by atoms with Crippen molar-refractivity contribution < 1.29 is 0 Å². The Hall–Kier alpha value is -3.15. The smallest absolute Gasteiger partial charge is 0.225 e. The highest BCUT2D eigenvalue weighted by atomic mass is 15.2. The molecule has 0 unspecified atom stereocenters. The molecule has 6 heteroatoms. The van der Waals surface area contributed by atoms with Crippen LogP contribution in [0.4, 0.5) is 23.3 Å². The van der Waals surface area contributed by atoms with Crippen LogP contribution in [0.5, 0.6) is 0 Å². The van der Waals surface area contributed by atoms with Crippen LogP contribution in [0, 0.1) is 0 Å². The predicted octanol–water partition coefficient (Wildman–Crippen LogP) is 2.47. The Kier molecular flexibility index (Phi) is 3.49. The highest BCUT2D eigenvalue weighted by Crippen LogP contribution is 2.36. The first-order valence-electron chi connectivity index (χ1n) is 7.90. The maximum absolute atomic E-state index is 5.72. The second kappa shape index (κ2) is 5.81. The Bertz CT molecular complexity index is 824. The monoisotopic (exact) mass is 318 g/mol. The zero-order chi connectivity index (χ0) is 16.5. The molecule has 2 aromatic carbocycles. The first-order chi connectivity index (χ1) is 11.7. The molecule has 0 spiro atoms. The third-order valence-electron chi connectivity index (χ3n) is 4.24. The quantitative estimate of drug-likeness (QED) is 0.754. The summed E-state index contributed by atoms with van der Waals surface area (Å²) in [4.78, 5) is 14.6. The summed E-state index contributed by atoms with van der Waals surface area (Å²) in [5.74, 6) is 0.856. The van der Waals surface area contributed by atoms with Gasteiger partial charge in [-0.1, -0.05) is 36.4 Å². The molecule has 0 saturated heterocycles. The zero-order valence-corrected chi connectivity index (χ0v) is 13.2. The fourth-order valence-electron chi connectivity index (χ4n) is 3.21. The number of aromatic nitrogens is 3. The van der Waals surface area contributed by atoms with Crippen molar-refractivity contribution >= 4 is 23.3 Å². The van der Waals surface area contributed by atoms with Crippen molar-refractivity contribution in [1.29, 1.82) is 0 Å². The number of aryl methyl sites for hydroxylation is 2. The third-order valence-corrected chi connectivity index (χ3v) is 4.24. The van der Waals surface area contributed by atoms with Gasteiger partial charge in [0.2, 0.25) is 11.9 Å². The normalized spacial score (nSPS) is 13.1. The number of anilines is 4. The highest BCUT2D eigenvalue weighted by molar-refractivity contribution is 5.71. The van der Waals surface area contributed by atoms with E-state index in [1.54, 1.807) is 0 Å². The lowest BCUT2D eigenvalue weighted by molar-refractivity contribution is 0.855. The molecular weight excluding hydrogens is 300 g/mol. The molecule has 4 rings (SSSR count). The minimum Gasteiger partial charge on any atom is -0.368 e. The summed E-state index contributed by atoms with van der Waals surface area (Å²) in [6.45, 7) is 0.491. The average Bonchev–Trinajstić information content (AvgIpc) is 2.72. The fourth-order valence-corrected chi connectivity index (χ4v) is 3.21. The van der Waals surface area contributed by atoms with Crippen LogP contribution in [-0.2, 0) is 19.4 Å². The van der Waals surface area contributed by atoms with Crippen LogP contribution >= 0.6 is 0 Å². The summed E-state index contributed by atoms with van der Waals surface area (Å²) in [6, 6.07) is 16.9. The van der Waals surface area contributed by atoms with Gasteiger partial charge < -0.3 is 16.4 Å². The lowest BCUT2D eigenvalue weighted by Crippen LogP contribution is -2.20. The van der Waals surface area contributed by atoms with Gasteiger partial charge in [-0.3, -0.25) is 0 Å². The molecule has 0 fully saturated rings. The molecular formula is C18H18N6. The Morgan fingerprint density at radius 2 is 1.25 bits per heavy atom. The number of nitrogens with zero attached hydrogens (tertiary/aromatic N) is 4. The maximum atomic E-state index is 5.72. The van der Waals surface area contributed by atoms with E-state index in [0.29, 0.717) is 12.4 Å². The van der Waals surface area contributed by atoms with Crippen LogP contribution in [0.1, 0.15) is 17.0 Å². The first-order valence-corrected chi connectivity index (χ1v) is 7.90. The van der Waals surface area contributed by atoms with Crippen LogP contribution in [-0.4, -0.2) is 15.0 Å². The summed E-state index contributed by atoms with van der Waals surface area (Å²) >= 11 is 0. The molecule has 6 nitrogen and oxygen atoms in total. The minimum atomic E-state index is 0.147. The summed E-state index contributed by atoms with van der Waals surface area (Å²) in [6.07, 6.45) is 2.01. The van der Waals surface area contributed by atoms with E-state index >= 15 is 0 Å². The van der Waals surface area contributed by atoms with E-state index < -0.39 is 0 Å². The molecule has 1 aliphatic rings. The van der Waals surface area contributed by atoms with Gasteiger partial charge in [0.25, 0.3) is 0 Å². The lowest BCUT2D eigenvalue weighted by atomic mass is 10.0. The van der Waals surface area contributed by atoms with Gasteiger partial charge in [0.1, 0.15) is 0 Å². The average molecular weight is 318 g/mol. The van der Waals surface area contributed by atoms with E-state index in [-0.39, 0.29) is 11.9 Å². The molecule has 24 heavy (non-hydrogen) atoms. The maximum Gasteiger partial charge on any atom is 0.225 e. The fraction of sp³-hybridized carbons (Fsp3) is 0.167. The van der Waals surface area contributed by atoms with E-state index in [1.165, 1.54) is 22.5 Å². The number of para-hydroxylation sites is 2. The van der Waals surface area contributed by atoms with E-state index in [4.69, 9.17) is 11.5 Å². The molecule has 120 valence electrons. The van der Waals surface area contributed by atoms with Gasteiger partial charge in [0.05, 0.1) is 6.54 Å². The molecule has 4 N–H and O–H groups in total. The van der Waals surface area contributed by atoms with Crippen molar-refractivity contribution in [3.05, 3.63) is 65.5 Å². The number of benzene rings is 2. The van der Waals surface area contributed by atoms with Crippen LogP contribution in [0.2, 0.25) is 0 Å². The van der Waals surface area contributed by atoms with Gasteiger partial charge >= 0.3 is 0 Å². The summed E-state index contributed by atoms with van der Waals surface area (Å²) in [7, 11) is 0. The summed E-state index contributed by atoms with van der Waals surface area (Å²) in [5, 5.41) is 0. The number of fused-ring (bicyclic) bond motifs is 2. The zero-order valence-electron chi connectivity index (χ0n) is 13.2. The van der Waals surface area contributed by atoms with E-state index in [0.717, 1.165) is 12.8 Å². The largest absolute Gasteiger partial charge is 0.368 e. The molecule has 2 heterocycles. The molecule has 1 aliphatic heterocycles. The van der Waals surface area contributed by atoms with E-state index in [9.17, 15) is 0 Å². The minimum absolute atomic E-state index is 0.147. The molecule has 0 radical (unpaired) electrons. The Morgan fingerprint density at radius 1 is 0.750 bits per heavy atom. The van der Waals surface area contributed by atoms with Crippen molar-refractivity contribution in [2.45, 2.75) is 19.4 Å². The summed E-state index contributed by atoms with van der Waals surface area (Å²) < 4.78 is 0. The molecule has 1 aromatic heterocycles. The number of hydrogen-bond donors (Lipinski definition) is 2. The van der Waals surface area contributed by atoms with Crippen molar-refractivity contribution in [2.75, 3.05) is 16.4 Å². The van der Waals surface area contributed by atoms with Crippen LogP contribution < -0.4 is 16.4 Å². The van der Waals surface area contributed by atoms with E-state index in [1.807, 2.05) is 0 Å². The first kappa shape index (κ1) is 14.4. The number of nitrogens with two attached hydrogens (primary N) is 2. The van der Waals surface area contributed by atoms with Crippen molar-refractivity contribution in [2.24, 2.45) is 0 Å². The lowest BCUT2D eigenvalue weighted by Gasteiger charge is -2.26. The standard InChI is InChI=1S/C18H18N6/c19-17-21-16(22-18(20)23-17)11-24-14-7-3-1-5-12(14)9-10-13-6-2-4-8-15(13)24/h1-8H,9-11H2,(H4,19,20,21,22,23). The van der Waals surface area contributed by atoms with Crippen LogP contribution in [0.3, 0.4) is 0 Å². The SMILES string of the molecule is Nc1nc(N)nc(CN2c3ccccc3CCc3ccccc32)n1. The van der Waals surface area contributed by atoms with Crippen molar-refractivity contribution in [3.8, 4) is 0 Å². The Labute approximate surface area is 140 Å².